The van der Waals surface area contributed by atoms with Crippen LogP contribution in [0, 0.1) is 13.8 Å². The van der Waals surface area contributed by atoms with E-state index >= 15 is 0 Å². The van der Waals surface area contributed by atoms with Gasteiger partial charge in [0.25, 0.3) is 6.71 Å². The average Bonchev–Trinajstić information content (AvgIpc) is 3.53. The van der Waals surface area contributed by atoms with Gasteiger partial charge in [0.2, 0.25) is 0 Å². The average molecular weight is 692 g/mol. The van der Waals surface area contributed by atoms with Crippen LogP contribution in [0.25, 0.3) is 60.9 Å². The van der Waals surface area contributed by atoms with Gasteiger partial charge in [-0.3, -0.25) is 0 Å². The second-order valence-corrected chi connectivity index (χ2v) is 14.6. The van der Waals surface area contributed by atoms with E-state index in [9.17, 15) is 0 Å². The summed E-state index contributed by atoms with van der Waals surface area (Å²) in [6.45, 7) is 4.28. The van der Waals surface area contributed by atoms with Crippen molar-refractivity contribution >= 4 is 44.9 Å². The molecule has 0 spiro atoms. The predicted molar refractivity (Wildman–Crippen MR) is 224 cm³/mol. The highest BCUT2D eigenvalue weighted by Gasteiger charge is 2.42. The molecular weight excluding hydrogens is 657 g/mol. The molecule has 0 saturated carbocycles. The minimum Gasteiger partial charge on any atom is -0.458 e. The number of fused-ring (bicyclic) bond motifs is 7. The highest BCUT2D eigenvalue weighted by Crippen LogP contribution is 2.44. The third-order valence-corrected chi connectivity index (χ3v) is 11.2. The van der Waals surface area contributed by atoms with Crippen LogP contribution in [-0.4, -0.2) is 11.3 Å². The van der Waals surface area contributed by atoms with E-state index in [-0.39, 0.29) is 6.71 Å². The van der Waals surface area contributed by atoms with Crippen LogP contribution >= 0.6 is 0 Å². The number of benzene rings is 8. The van der Waals surface area contributed by atoms with Crippen molar-refractivity contribution in [3.8, 4) is 62.1 Å². The van der Waals surface area contributed by atoms with Gasteiger partial charge in [0, 0.05) is 33.0 Å². The van der Waals surface area contributed by atoms with Crippen LogP contribution in [-0.2, 0) is 0 Å². The Balaban J connectivity index is 1.08. The van der Waals surface area contributed by atoms with Gasteiger partial charge in [0.05, 0.1) is 11.0 Å². The summed E-state index contributed by atoms with van der Waals surface area (Å²) < 4.78 is 16.4. The van der Waals surface area contributed by atoms with Crippen molar-refractivity contribution in [1.82, 2.24) is 4.57 Å². The number of aryl methyl sites for hydroxylation is 2. The lowest BCUT2D eigenvalue weighted by Crippen LogP contribution is -2.57. The summed E-state index contributed by atoms with van der Waals surface area (Å²) in [6.07, 6.45) is 0. The Morgan fingerprint density at radius 1 is 0.426 bits per heavy atom. The summed E-state index contributed by atoms with van der Waals surface area (Å²) in [6, 6.07) is 61.0. The minimum atomic E-state index is -0.0474. The first kappa shape index (κ1) is 30.8. The Bertz CT molecular complexity index is 2770. The summed E-state index contributed by atoms with van der Waals surface area (Å²) in [7, 11) is 0. The quantitative estimate of drug-likeness (QED) is 0.172. The van der Waals surface area contributed by atoms with Crippen molar-refractivity contribution in [3.63, 3.8) is 0 Å². The zero-order valence-electron chi connectivity index (χ0n) is 30.0. The first-order chi connectivity index (χ1) is 26.6. The molecule has 11 rings (SSSR count). The topological polar surface area (TPSA) is 23.4 Å². The molecule has 2 aliphatic heterocycles. The summed E-state index contributed by atoms with van der Waals surface area (Å²) in [5, 5.41) is 2.56. The number of ether oxygens (including phenoxy) is 2. The maximum Gasteiger partial charge on any atom is 0.260 e. The molecule has 0 unspecified atom stereocenters. The molecule has 0 aliphatic carbocycles. The van der Waals surface area contributed by atoms with Crippen molar-refractivity contribution in [1.29, 1.82) is 0 Å². The molecule has 0 radical (unpaired) electrons. The van der Waals surface area contributed by atoms with Gasteiger partial charge in [-0.05, 0) is 95.6 Å². The van der Waals surface area contributed by atoms with Crippen LogP contribution in [0.5, 0.6) is 23.0 Å². The molecule has 0 amide bonds. The molecule has 3 nitrogen and oxygen atoms in total. The fourth-order valence-electron chi connectivity index (χ4n) is 8.73. The molecule has 0 N–H and O–H groups in total. The SMILES string of the molecule is Cc1ccc2c(c1)c1cc(C)ccc1n2-c1ccc(-c2cc3c4c(c2)Oc2c(cccc2-c2ccccc2)B4c2cccc(-c4ccccc4)c2O3)cc1. The molecule has 254 valence electrons. The smallest absolute Gasteiger partial charge is 0.260 e. The second kappa shape index (κ2) is 11.9. The molecule has 54 heavy (non-hydrogen) atoms. The van der Waals surface area contributed by atoms with Crippen molar-refractivity contribution in [2.45, 2.75) is 13.8 Å². The summed E-state index contributed by atoms with van der Waals surface area (Å²) in [5.41, 5.74) is 16.0. The van der Waals surface area contributed by atoms with E-state index in [0.29, 0.717) is 0 Å². The van der Waals surface area contributed by atoms with Gasteiger partial charge in [0.1, 0.15) is 23.0 Å². The van der Waals surface area contributed by atoms with Gasteiger partial charge in [-0.15, -0.1) is 0 Å². The highest BCUT2D eigenvalue weighted by atomic mass is 16.5. The lowest BCUT2D eigenvalue weighted by Gasteiger charge is -2.35. The zero-order chi connectivity index (χ0) is 35.9. The number of hydrogen-bond acceptors (Lipinski definition) is 2. The highest BCUT2D eigenvalue weighted by molar-refractivity contribution is 6.98. The number of nitrogens with zero attached hydrogens (tertiary/aromatic N) is 1. The molecule has 1 aromatic heterocycles. The maximum atomic E-state index is 7.02. The fraction of sp³-hybridized carbons (Fsp3) is 0.0400. The van der Waals surface area contributed by atoms with E-state index in [4.69, 9.17) is 9.47 Å². The third-order valence-electron chi connectivity index (χ3n) is 11.2. The molecule has 0 saturated heterocycles. The van der Waals surface area contributed by atoms with Crippen LogP contribution in [0.2, 0.25) is 0 Å². The van der Waals surface area contributed by atoms with Crippen molar-refractivity contribution in [2.75, 3.05) is 0 Å². The molecule has 3 heterocycles. The predicted octanol–water partition coefficient (Wildman–Crippen LogP) is 11.1. The zero-order valence-corrected chi connectivity index (χ0v) is 30.0. The Kier molecular flexibility index (Phi) is 6.78. The van der Waals surface area contributed by atoms with E-state index in [1.807, 2.05) is 0 Å². The minimum absolute atomic E-state index is 0.0474. The van der Waals surface area contributed by atoms with Crippen LogP contribution in [0.15, 0.2) is 170 Å². The lowest BCUT2D eigenvalue weighted by molar-refractivity contribution is 0.466. The van der Waals surface area contributed by atoms with E-state index in [2.05, 4.69) is 188 Å². The van der Waals surface area contributed by atoms with Gasteiger partial charge < -0.3 is 14.0 Å². The van der Waals surface area contributed by atoms with Crippen molar-refractivity contribution in [3.05, 3.63) is 181 Å². The van der Waals surface area contributed by atoms with Crippen LogP contribution < -0.4 is 25.9 Å². The normalized spacial score (nSPS) is 12.5. The second-order valence-electron chi connectivity index (χ2n) is 14.6. The summed E-state index contributed by atoms with van der Waals surface area (Å²) in [5.74, 6) is 3.46. The van der Waals surface area contributed by atoms with Crippen LogP contribution in [0.1, 0.15) is 11.1 Å². The van der Waals surface area contributed by atoms with Gasteiger partial charge in [-0.2, -0.15) is 0 Å². The van der Waals surface area contributed by atoms with Crippen molar-refractivity contribution < 1.29 is 9.47 Å². The summed E-state index contributed by atoms with van der Waals surface area (Å²) >= 11 is 0. The lowest BCUT2D eigenvalue weighted by atomic mass is 9.34. The molecular formula is C50H34BNO2. The molecule has 2 aliphatic rings. The Hall–Kier alpha value is -6.78. The van der Waals surface area contributed by atoms with Crippen LogP contribution in [0.3, 0.4) is 0 Å². The monoisotopic (exact) mass is 691 g/mol. The van der Waals surface area contributed by atoms with E-state index in [1.54, 1.807) is 0 Å². The molecule has 0 bridgehead atoms. The number of para-hydroxylation sites is 2. The molecule has 8 aromatic carbocycles. The fourth-order valence-corrected chi connectivity index (χ4v) is 8.73. The van der Waals surface area contributed by atoms with E-state index in [0.717, 1.165) is 78.5 Å². The Morgan fingerprint density at radius 2 is 0.926 bits per heavy atom. The first-order valence-corrected chi connectivity index (χ1v) is 18.6. The largest absolute Gasteiger partial charge is 0.458 e. The van der Waals surface area contributed by atoms with Gasteiger partial charge >= 0.3 is 0 Å². The van der Waals surface area contributed by atoms with E-state index in [1.165, 1.54) is 32.9 Å². The Labute approximate surface area is 314 Å². The van der Waals surface area contributed by atoms with Crippen molar-refractivity contribution in [2.24, 2.45) is 0 Å². The Morgan fingerprint density at radius 3 is 1.43 bits per heavy atom. The standard InChI is InChI=1S/C50H34BNO2/c1-31-19-25-44-40(27-31)41-28-32(2)20-26-45(41)52(44)37-23-21-33(22-24-37)36-29-46-48-47(30-36)54-50-39(35-13-7-4-8-14-35)16-10-18-43(50)51(48)42-17-9-15-38(49(42)53-46)34-11-5-3-6-12-34/h3-30H,1-2H3. The van der Waals surface area contributed by atoms with Crippen LogP contribution in [0.4, 0.5) is 0 Å². The maximum absolute atomic E-state index is 7.02. The molecule has 0 atom stereocenters. The first-order valence-electron chi connectivity index (χ1n) is 18.6. The van der Waals surface area contributed by atoms with Gasteiger partial charge in [-0.25, -0.2) is 0 Å². The van der Waals surface area contributed by atoms with Gasteiger partial charge in [0.15, 0.2) is 0 Å². The number of rotatable bonds is 4. The molecule has 4 heteroatoms. The van der Waals surface area contributed by atoms with Gasteiger partial charge in [-0.1, -0.05) is 132 Å². The molecule has 0 fully saturated rings. The summed E-state index contributed by atoms with van der Waals surface area (Å²) in [4.78, 5) is 0. The van der Waals surface area contributed by atoms with E-state index < -0.39 is 0 Å². The third kappa shape index (κ3) is 4.70. The molecule has 9 aromatic rings. The number of hydrogen-bond donors (Lipinski definition) is 0. The number of aromatic nitrogens is 1.